The van der Waals surface area contributed by atoms with Gasteiger partial charge in [0.1, 0.15) is 0 Å². The molecule has 4 rings (SSSR count). The predicted molar refractivity (Wildman–Crippen MR) is 105 cm³/mol. The van der Waals surface area contributed by atoms with Crippen LogP contribution in [0, 0.1) is 6.92 Å². The lowest BCUT2D eigenvalue weighted by Gasteiger charge is -2.34. The summed E-state index contributed by atoms with van der Waals surface area (Å²) in [6.45, 7) is 1.89. The molecule has 10 heteroatoms. The van der Waals surface area contributed by atoms with E-state index in [0.29, 0.717) is 12.4 Å². The molecule has 2 unspecified atom stereocenters. The van der Waals surface area contributed by atoms with Gasteiger partial charge in [-0.15, -0.1) is 0 Å². The summed E-state index contributed by atoms with van der Waals surface area (Å²) in [5.74, 6) is 0.0211. The van der Waals surface area contributed by atoms with E-state index in [9.17, 15) is 18.0 Å². The molecule has 0 radical (unpaired) electrons. The topological polar surface area (TPSA) is 75.9 Å². The number of rotatable bonds is 5. The summed E-state index contributed by atoms with van der Waals surface area (Å²) in [6, 6.07) is 1.56. The Balaban J connectivity index is 1.49. The molecule has 2 aliphatic heterocycles. The van der Waals surface area contributed by atoms with E-state index in [4.69, 9.17) is 0 Å². The lowest BCUT2D eigenvalue weighted by atomic mass is 9.98. The molecule has 7 nitrogen and oxygen atoms in total. The molecule has 2 aliphatic rings. The van der Waals surface area contributed by atoms with E-state index >= 15 is 0 Å². The second-order valence-corrected chi connectivity index (χ2v) is 7.80. The molecule has 2 bridgehead atoms. The lowest BCUT2D eigenvalue weighted by Crippen LogP contribution is -2.43. The van der Waals surface area contributed by atoms with Crippen LogP contribution >= 0.6 is 0 Å². The molecule has 1 amide bonds. The molecular weight excluding hydrogens is 397 g/mol. The number of alkyl halides is 3. The third kappa shape index (κ3) is 4.31. The highest BCUT2D eigenvalue weighted by atomic mass is 19.4. The number of fused-ring (bicyclic) bond motifs is 2. The molecule has 1 saturated heterocycles. The van der Waals surface area contributed by atoms with Crippen LogP contribution < -0.4 is 5.32 Å². The first-order chi connectivity index (χ1) is 14.2. The smallest absolute Gasteiger partial charge is 0.333 e. The van der Waals surface area contributed by atoms with Crippen molar-refractivity contribution >= 4 is 23.1 Å². The molecule has 0 saturated carbocycles. The zero-order valence-corrected chi connectivity index (χ0v) is 16.8. The molecular formula is C20H23F3N6O. The highest BCUT2D eigenvalue weighted by molar-refractivity contribution is 5.80. The fourth-order valence-electron chi connectivity index (χ4n) is 4.23. The minimum Gasteiger partial charge on any atom is -0.333 e. The number of nitrogens with zero attached hydrogens (tertiary/aromatic N) is 5. The maximum atomic E-state index is 12.5. The molecule has 0 aromatic carbocycles. The number of carbonyl (C=O) groups excluding carboxylic acids is 1. The Hall–Kier alpha value is -2.91. The van der Waals surface area contributed by atoms with Crippen LogP contribution in [-0.4, -0.2) is 48.8 Å². The zero-order valence-electron chi connectivity index (χ0n) is 16.8. The van der Waals surface area contributed by atoms with Gasteiger partial charge in [-0.1, -0.05) is 6.08 Å². The maximum absolute atomic E-state index is 12.5. The van der Waals surface area contributed by atoms with E-state index in [2.05, 4.69) is 20.4 Å². The average Bonchev–Trinajstić information content (AvgIpc) is 3.13. The monoisotopic (exact) mass is 420 g/mol. The first kappa shape index (κ1) is 20.4. The normalized spacial score (nSPS) is 21.0. The number of hydrogen-bond acceptors (Lipinski definition) is 5. The van der Waals surface area contributed by atoms with Crippen molar-refractivity contribution in [3.63, 3.8) is 0 Å². The van der Waals surface area contributed by atoms with Gasteiger partial charge in [-0.2, -0.15) is 18.3 Å². The summed E-state index contributed by atoms with van der Waals surface area (Å²) >= 11 is 0. The Morgan fingerprint density at radius 1 is 1.33 bits per heavy atom. The van der Waals surface area contributed by atoms with Crippen molar-refractivity contribution in [2.75, 3.05) is 5.32 Å². The number of carbonyl (C=O) groups is 1. The van der Waals surface area contributed by atoms with Gasteiger partial charge in [-0.3, -0.25) is 9.48 Å². The number of nitrogens with one attached hydrogen (secondary N) is 1. The molecule has 1 fully saturated rings. The van der Waals surface area contributed by atoms with Crippen molar-refractivity contribution in [3.05, 3.63) is 35.9 Å². The standard InChI is InChI=1S/C20H23F3N6O/c1-12-17(11-28(2)27-12)26-19-24-8-6-16(25-19)13-9-14-3-4-15(10-13)29(14)18(30)5-7-20(21,22)23/h6,8-9,11,14-15H,3-5,7,10H2,1-2H3,(H,24,25,26). The highest BCUT2D eigenvalue weighted by Gasteiger charge is 2.40. The third-order valence-corrected chi connectivity index (χ3v) is 5.55. The van der Waals surface area contributed by atoms with Gasteiger partial charge < -0.3 is 10.2 Å². The number of hydrogen-bond donors (Lipinski definition) is 1. The minimum absolute atomic E-state index is 0.0809. The Labute approximate surface area is 172 Å². The number of amides is 1. The van der Waals surface area contributed by atoms with Crippen LogP contribution in [0.3, 0.4) is 0 Å². The second-order valence-electron chi connectivity index (χ2n) is 7.80. The summed E-state index contributed by atoms with van der Waals surface area (Å²) in [7, 11) is 1.83. The number of anilines is 2. The van der Waals surface area contributed by atoms with Crippen LogP contribution in [0.2, 0.25) is 0 Å². The van der Waals surface area contributed by atoms with Gasteiger partial charge in [0.2, 0.25) is 11.9 Å². The summed E-state index contributed by atoms with van der Waals surface area (Å²) in [5.41, 5.74) is 3.40. The fraction of sp³-hybridized carbons (Fsp3) is 0.500. The summed E-state index contributed by atoms with van der Waals surface area (Å²) in [4.78, 5) is 22.9. The Morgan fingerprint density at radius 3 is 2.80 bits per heavy atom. The molecule has 2 atom stereocenters. The van der Waals surface area contributed by atoms with E-state index in [0.717, 1.165) is 35.5 Å². The third-order valence-electron chi connectivity index (χ3n) is 5.55. The second kappa shape index (κ2) is 7.73. The summed E-state index contributed by atoms with van der Waals surface area (Å²) < 4.78 is 39.2. The van der Waals surface area contributed by atoms with Crippen LogP contribution in [-0.2, 0) is 11.8 Å². The zero-order chi connectivity index (χ0) is 21.5. The SMILES string of the molecule is Cc1nn(C)cc1Nc1nccc(C2=CC3CCC(C2)N3C(=O)CCC(F)(F)F)n1. The van der Waals surface area contributed by atoms with Gasteiger partial charge in [0, 0.05) is 31.9 Å². The average molecular weight is 420 g/mol. The van der Waals surface area contributed by atoms with Crippen molar-refractivity contribution in [1.29, 1.82) is 0 Å². The molecule has 30 heavy (non-hydrogen) atoms. The van der Waals surface area contributed by atoms with Crippen molar-refractivity contribution in [2.45, 2.75) is 57.3 Å². The van der Waals surface area contributed by atoms with E-state index in [-0.39, 0.29) is 12.1 Å². The van der Waals surface area contributed by atoms with Gasteiger partial charge in [0.05, 0.1) is 29.5 Å². The van der Waals surface area contributed by atoms with Gasteiger partial charge in [-0.25, -0.2) is 9.97 Å². The quantitative estimate of drug-likeness (QED) is 0.797. The van der Waals surface area contributed by atoms with Gasteiger partial charge in [-0.05, 0) is 37.8 Å². The van der Waals surface area contributed by atoms with Crippen LogP contribution in [0.25, 0.3) is 5.57 Å². The van der Waals surface area contributed by atoms with Crippen LogP contribution in [0.1, 0.15) is 43.5 Å². The largest absolute Gasteiger partial charge is 0.389 e. The van der Waals surface area contributed by atoms with Crippen LogP contribution in [0.4, 0.5) is 24.8 Å². The predicted octanol–water partition coefficient (Wildman–Crippen LogP) is 3.75. The van der Waals surface area contributed by atoms with Crippen LogP contribution in [0.15, 0.2) is 24.5 Å². The van der Waals surface area contributed by atoms with E-state index in [1.807, 2.05) is 32.3 Å². The van der Waals surface area contributed by atoms with Crippen molar-refractivity contribution in [1.82, 2.24) is 24.6 Å². The van der Waals surface area contributed by atoms with Gasteiger partial charge >= 0.3 is 6.18 Å². The van der Waals surface area contributed by atoms with Gasteiger partial charge in [0.25, 0.3) is 0 Å². The molecule has 0 spiro atoms. The molecule has 2 aromatic heterocycles. The Morgan fingerprint density at radius 2 is 2.13 bits per heavy atom. The molecule has 0 aliphatic carbocycles. The van der Waals surface area contributed by atoms with E-state index < -0.39 is 24.9 Å². The lowest BCUT2D eigenvalue weighted by molar-refractivity contribution is -0.150. The molecule has 160 valence electrons. The van der Waals surface area contributed by atoms with E-state index in [1.54, 1.807) is 15.8 Å². The van der Waals surface area contributed by atoms with E-state index in [1.165, 1.54) is 0 Å². The molecule has 4 heterocycles. The summed E-state index contributed by atoms with van der Waals surface area (Å²) in [6.07, 6.45) is 1.72. The van der Waals surface area contributed by atoms with Crippen LogP contribution in [0.5, 0.6) is 0 Å². The molecule has 2 aromatic rings. The Bertz CT molecular complexity index is 983. The number of halogens is 3. The first-order valence-electron chi connectivity index (χ1n) is 9.89. The number of aryl methyl sites for hydroxylation is 2. The van der Waals surface area contributed by atoms with Crippen molar-refractivity contribution in [3.8, 4) is 0 Å². The first-order valence-corrected chi connectivity index (χ1v) is 9.89. The number of aromatic nitrogens is 4. The summed E-state index contributed by atoms with van der Waals surface area (Å²) in [5, 5.41) is 7.45. The fourth-order valence-corrected chi connectivity index (χ4v) is 4.23. The van der Waals surface area contributed by atoms with Gasteiger partial charge in [0.15, 0.2) is 0 Å². The maximum Gasteiger partial charge on any atom is 0.389 e. The molecule has 1 N–H and O–H groups in total. The van der Waals surface area contributed by atoms with Crippen molar-refractivity contribution in [2.24, 2.45) is 7.05 Å². The minimum atomic E-state index is -4.32. The Kier molecular flexibility index (Phi) is 5.25. The highest BCUT2D eigenvalue weighted by Crippen LogP contribution is 2.39. The van der Waals surface area contributed by atoms with Crippen molar-refractivity contribution < 1.29 is 18.0 Å².